The van der Waals surface area contributed by atoms with E-state index in [0.717, 1.165) is 23.8 Å². The average Bonchev–Trinajstić information content (AvgIpc) is 2.80. The lowest BCUT2D eigenvalue weighted by molar-refractivity contribution is 0.999. The Bertz CT molecular complexity index is 426. The van der Waals surface area contributed by atoms with Gasteiger partial charge in [0.25, 0.3) is 0 Å². The Hall–Kier alpha value is -1.42. The van der Waals surface area contributed by atoms with Crippen molar-refractivity contribution in [2.45, 2.75) is 18.4 Å². The number of rotatable bonds is 5. The van der Waals surface area contributed by atoms with Gasteiger partial charge < -0.3 is 10.3 Å². The van der Waals surface area contributed by atoms with Gasteiger partial charge in [0, 0.05) is 23.0 Å². The summed E-state index contributed by atoms with van der Waals surface area (Å²) in [4.78, 5) is 8.53. The fourth-order valence-electron chi connectivity index (χ4n) is 1.44. The van der Waals surface area contributed by atoms with Gasteiger partial charge in [-0.2, -0.15) is 0 Å². The third kappa shape index (κ3) is 3.03. The van der Waals surface area contributed by atoms with Crippen LogP contribution in [0.15, 0.2) is 41.6 Å². The number of hydrogen-bond donors (Lipinski definition) is 2. The average molecular weight is 233 g/mol. The molecule has 0 radical (unpaired) electrons. The number of anilines is 1. The van der Waals surface area contributed by atoms with E-state index in [1.165, 1.54) is 4.90 Å². The Morgan fingerprint density at radius 1 is 1.44 bits per heavy atom. The molecule has 2 N–H and O–H groups in total. The summed E-state index contributed by atoms with van der Waals surface area (Å²) in [5, 5.41) is 3.34. The zero-order valence-corrected chi connectivity index (χ0v) is 10.1. The van der Waals surface area contributed by atoms with Gasteiger partial charge in [-0.05, 0) is 24.0 Å². The summed E-state index contributed by atoms with van der Waals surface area (Å²) >= 11 is 1.85. The highest BCUT2D eigenvalue weighted by Gasteiger charge is 1.97. The minimum absolute atomic E-state index is 0.729. The molecule has 4 heteroatoms. The third-order valence-corrected chi connectivity index (χ3v) is 3.04. The Morgan fingerprint density at radius 2 is 2.38 bits per heavy atom. The van der Waals surface area contributed by atoms with Crippen molar-refractivity contribution >= 4 is 17.4 Å². The summed E-state index contributed by atoms with van der Waals surface area (Å²) in [6, 6.07) is 8.44. The molecule has 2 rings (SSSR count). The number of aromatic amines is 1. The van der Waals surface area contributed by atoms with Gasteiger partial charge in [-0.15, -0.1) is 11.8 Å². The van der Waals surface area contributed by atoms with E-state index in [-0.39, 0.29) is 0 Å². The number of hydrogen-bond acceptors (Lipinski definition) is 3. The van der Waals surface area contributed by atoms with Crippen molar-refractivity contribution < 1.29 is 0 Å². The van der Waals surface area contributed by atoms with Crippen LogP contribution in [0.3, 0.4) is 0 Å². The van der Waals surface area contributed by atoms with Gasteiger partial charge in [0.15, 0.2) is 0 Å². The molecule has 0 atom stereocenters. The first kappa shape index (κ1) is 11.1. The summed E-state index contributed by atoms with van der Waals surface area (Å²) in [5.41, 5.74) is 1.13. The van der Waals surface area contributed by atoms with Crippen LogP contribution in [0.4, 0.5) is 5.69 Å². The van der Waals surface area contributed by atoms with Gasteiger partial charge >= 0.3 is 0 Å². The molecular weight excluding hydrogens is 218 g/mol. The second kappa shape index (κ2) is 5.61. The second-order valence-electron chi connectivity index (χ2n) is 3.35. The van der Waals surface area contributed by atoms with Crippen molar-refractivity contribution in [3.8, 4) is 0 Å². The first-order valence-corrected chi connectivity index (χ1v) is 6.32. The normalized spacial score (nSPS) is 10.3. The van der Waals surface area contributed by atoms with Crippen LogP contribution in [-0.4, -0.2) is 15.7 Å². The lowest BCUT2D eigenvalue weighted by Crippen LogP contribution is -2.00. The molecule has 0 saturated carbocycles. The predicted molar refractivity (Wildman–Crippen MR) is 68.8 cm³/mol. The Morgan fingerprint density at radius 3 is 3.12 bits per heavy atom. The predicted octanol–water partition coefficient (Wildman–Crippen LogP) is 3.13. The molecule has 0 aliphatic heterocycles. The molecule has 1 aromatic carbocycles. The second-order valence-corrected chi connectivity index (χ2v) is 4.69. The van der Waals surface area contributed by atoms with Crippen LogP contribution in [0.5, 0.6) is 0 Å². The van der Waals surface area contributed by atoms with Crippen LogP contribution in [0.25, 0.3) is 0 Å². The fourth-order valence-corrected chi connectivity index (χ4v) is 2.16. The highest BCUT2D eigenvalue weighted by atomic mass is 32.2. The van der Waals surface area contributed by atoms with E-state index >= 15 is 0 Å². The van der Waals surface area contributed by atoms with Crippen molar-refractivity contribution in [1.82, 2.24) is 9.97 Å². The van der Waals surface area contributed by atoms with Crippen LogP contribution < -0.4 is 5.32 Å². The first-order chi connectivity index (χ1) is 7.88. The van der Waals surface area contributed by atoms with Gasteiger partial charge in [-0.3, -0.25) is 0 Å². The number of aromatic nitrogens is 2. The lowest BCUT2D eigenvalue weighted by atomic mass is 10.3. The topological polar surface area (TPSA) is 40.7 Å². The van der Waals surface area contributed by atoms with E-state index in [0.29, 0.717) is 0 Å². The number of nitrogens with zero attached hydrogens (tertiary/aromatic N) is 1. The third-order valence-electron chi connectivity index (χ3n) is 2.16. The van der Waals surface area contributed by atoms with Gasteiger partial charge in [0.2, 0.25) is 0 Å². The molecule has 84 valence electrons. The molecule has 1 aromatic heterocycles. The molecule has 3 nitrogen and oxygen atoms in total. The molecule has 0 aliphatic carbocycles. The van der Waals surface area contributed by atoms with E-state index in [1.54, 1.807) is 6.20 Å². The summed E-state index contributed by atoms with van der Waals surface area (Å²) in [6.45, 7) is 2.89. The molecule has 0 fully saturated rings. The number of thioether (sulfide) groups is 1. The monoisotopic (exact) mass is 233 g/mol. The van der Waals surface area contributed by atoms with Crippen molar-refractivity contribution in [2.24, 2.45) is 0 Å². The Kier molecular flexibility index (Phi) is 3.88. The summed E-state index contributed by atoms with van der Waals surface area (Å²) < 4.78 is 0. The number of benzene rings is 1. The highest BCUT2D eigenvalue weighted by molar-refractivity contribution is 7.99. The zero-order chi connectivity index (χ0) is 11.2. The molecule has 0 amide bonds. The SMILES string of the molecule is CCSc1cccc(NCc2ncc[nH]2)c1. The Labute approximate surface area is 99.7 Å². The van der Waals surface area contributed by atoms with E-state index in [1.807, 2.05) is 18.0 Å². The maximum Gasteiger partial charge on any atom is 0.125 e. The van der Waals surface area contributed by atoms with Crippen LogP contribution in [0.2, 0.25) is 0 Å². The van der Waals surface area contributed by atoms with Crippen LogP contribution >= 0.6 is 11.8 Å². The molecule has 16 heavy (non-hydrogen) atoms. The molecule has 0 aliphatic rings. The summed E-state index contributed by atoms with van der Waals surface area (Å²) in [7, 11) is 0. The molecular formula is C12H15N3S. The lowest BCUT2D eigenvalue weighted by Gasteiger charge is -2.06. The van der Waals surface area contributed by atoms with E-state index < -0.39 is 0 Å². The van der Waals surface area contributed by atoms with Gasteiger partial charge in [0.05, 0.1) is 6.54 Å². The Balaban J connectivity index is 1.96. The van der Waals surface area contributed by atoms with Gasteiger partial charge in [0.1, 0.15) is 5.82 Å². The smallest absolute Gasteiger partial charge is 0.125 e. The first-order valence-electron chi connectivity index (χ1n) is 5.33. The molecule has 0 saturated heterocycles. The van der Waals surface area contributed by atoms with Gasteiger partial charge in [-0.1, -0.05) is 13.0 Å². The molecule has 0 spiro atoms. The van der Waals surface area contributed by atoms with Crippen LogP contribution in [-0.2, 0) is 6.54 Å². The van der Waals surface area contributed by atoms with Crippen molar-refractivity contribution in [2.75, 3.05) is 11.1 Å². The standard InChI is InChI=1S/C12H15N3S/c1-2-16-11-5-3-4-10(8-11)15-9-12-13-6-7-14-12/h3-8,15H,2,9H2,1H3,(H,13,14). The van der Waals surface area contributed by atoms with E-state index in [2.05, 4.69) is 46.5 Å². The zero-order valence-electron chi connectivity index (χ0n) is 9.23. The maximum absolute atomic E-state index is 4.17. The molecule has 2 aromatic rings. The van der Waals surface area contributed by atoms with Crippen molar-refractivity contribution in [3.63, 3.8) is 0 Å². The van der Waals surface area contributed by atoms with Crippen LogP contribution in [0, 0.1) is 0 Å². The number of nitrogens with one attached hydrogen (secondary N) is 2. The maximum atomic E-state index is 4.17. The summed E-state index contributed by atoms with van der Waals surface area (Å²) in [6.07, 6.45) is 3.60. The van der Waals surface area contributed by atoms with Gasteiger partial charge in [-0.25, -0.2) is 4.98 Å². The van der Waals surface area contributed by atoms with Crippen molar-refractivity contribution in [1.29, 1.82) is 0 Å². The van der Waals surface area contributed by atoms with E-state index in [9.17, 15) is 0 Å². The molecule has 0 unspecified atom stereocenters. The minimum atomic E-state index is 0.729. The van der Waals surface area contributed by atoms with E-state index in [4.69, 9.17) is 0 Å². The quantitative estimate of drug-likeness (QED) is 0.779. The van der Waals surface area contributed by atoms with Crippen LogP contribution in [0.1, 0.15) is 12.7 Å². The van der Waals surface area contributed by atoms with Crippen molar-refractivity contribution in [3.05, 3.63) is 42.5 Å². The summed E-state index contributed by atoms with van der Waals surface area (Å²) in [5.74, 6) is 2.05. The largest absolute Gasteiger partial charge is 0.378 e. The number of imidazole rings is 1. The number of H-pyrrole nitrogens is 1. The molecule has 0 bridgehead atoms. The highest BCUT2D eigenvalue weighted by Crippen LogP contribution is 2.21. The fraction of sp³-hybridized carbons (Fsp3) is 0.250. The minimum Gasteiger partial charge on any atom is -0.378 e. The molecule has 1 heterocycles.